The number of rotatable bonds is 4. The molecule has 0 aliphatic carbocycles. The fraction of sp³-hybridized carbons (Fsp3) is 0.133. The second-order valence-electron chi connectivity index (χ2n) is 4.01. The van der Waals surface area contributed by atoms with Crippen LogP contribution < -0.4 is 4.74 Å². The zero-order valence-electron chi connectivity index (χ0n) is 11.2. The molecule has 108 valence electrons. The van der Waals surface area contributed by atoms with Gasteiger partial charge in [0.2, 0.25) is 0 Å². The number of pyridine rings is 1. The van der Waals surface area contributed by atoms with E-state index in [1.54, 1.807) is 25.1 Å². The van der Waals surface area contributed by atoms with E-state index in [-0.39, 0.29) is 23.1 Å². The number of carbonyl (C=O) groups excluding carboxylic acids is 2. The molecular weight excluding hydrogens is 294 g/mol. The lowest BCUT2D eigenvalue weighted by Crippen LogP contribution is -2.10. The molecule has 0 amide bonds. The first-order valence-electron chi connectivity index (χ1n) is 6.21. The minimum Gasteiger partial charge on any atom is -0.462 e. The molecule has 1 aromatic carbocycles. The number of halogens is 1. The molecule has 2 rings (SSSR count). The summed E-state index contributed by atoms with van der Waals surface area (Å²) in [6, 6.07) is 9.09. The fourth-order valence-electron chi connectivity index (χ4n) is 1.60. The molecule has 0 atom stereocenters. The summed E-state index contributed by atoms with van der Waals surface area (Å²) < 4.78 is 10.1. The number of esters is 2. The summed E-state index contributed by atoms with van der Waals surface area (Å²) in [5, 5.41) is 0.199. The van der Waals surface area contributed by atoms with Crippen LogP contribution in [0, 0.1) is 0 Å². The van der Waals surface area contributed by atoms with Crippen molar-refractivity contribution in [2.75, 3.05) is 6.61 Å². The molecule has 0 unspecified atom stereocenters. The molecule has 5 nitrogen and oxygen atoms in total. The summed E-state index contributed by atoms with van der Waals surface area (Å²) in [5.74, 6) is -0.804. The largest absolute Gasteiger partial charge is 0.462 e. The highest BCUT2D eigenvalue weighted by Gasteiger charge is 2.12. The summed E-state index contributed by atoms with van der Waals surface area (Å²) >= 11 is 5.71. The van der Waals surface area contributed by atoms with Gasteiger partial charge in [-0.2, -0.15) is 0 Å². The van der Waals surface area contributed by atoms with Crippen molar-refractivity contribution in [3.63, 3.8) is 0 Å². The SMILES string of the molecule is CCOC(=O)c1cccc(OC(=O)c2ccnc(Cl)c2)c1. The Morgan fingerprint density at radius 3 is 2.62 bits per heavy atom. The molecule has 0 saturated heterocycles. The first-order valence-corrected chi connectivity index (χ1v) is 6.59. The normalized spacial score (nSPS) is 10.0. The Balaban J connectivity index is 2.14. The van der Waals surface area contributed by atoms with E-state index in [1.807, 2.05) is 0 Å². The quantitative estimate of drug-likeness (QED) is 0.493. The van der Waals surface area contributed by atoms with Crippen LogP contribution in [0.2, 0.25) is 5.15 Å². The number of hydrogen-bond acceptors (Lipinski definition) is 5. The van der Waals surface area contributed by atoms with E-state index < -0.39 is 11.9 Å². The first kappa shape index (κ1) is 15.0. The summed E-state index contributed by atoms with van der Waals surface area (Å²) in [4.78, 5) is 27.3. The molecule has 6 heteroatoms. The second-order valence-corrected chi connectivity index (χ2v) is 4.39. The number of benzene rings is 1. The monoisotopic (exact) mass is 305 g/mol. The molecule has 0 fully saturated rings. The summed E-state index contributed by atoms with van der Waals surface area (Å²) in [7, 11) is 0. The average Bonchev–Trinajstić information content (AvgIpc) is 2.48. The number of hydrogen-bond donors (Lipinski definition) is 0. The van der Waals surface area contributed by atoms with Crippen LogP contribution in [-0.2, 0) is 4.74 Å². The van der Waals surface area contributed by atoms with Crippen molar-refractivity contribution in [2.24, 2.45) is 0 Å². The standard InChI is InChI=1S/C15H12ClNO4/c1-2-20-14(18)10-4-3-5-12(8-10)21-15(19)11-6-7-17-13(16)9-11/h3-9H,2H2,1H3. The molecule has 1 aromatic heterocycles. The van der Waals surface area contributed by atoms with Gasteiger partial charge in [0, 0.05) is 6.20 Å². The van der Waals surface area contributed by atoms with Gasteiger partial charge < -0.3 is 9.47 Å². The van der Waals surface area contributed by atoms with Crippen molar-refractivity contribution < 1.29 is 19.1 Å². The van der Waals surface area contributed by atoms with E-state index in [4.69, 9.17) is 21.1 Å². The van der Waals surface area contributed by atoms with Crippen molar-refractivity contribution >= 4 is 23.5 Å². The lowest BCUT2D eigenvalue weighted by atomic mass is 10.2. The van der Waals surface area contributed by atoms with Crippen molar-refractivity contribution in [3.8, 4) is 5.75 Å². The Morgan fingerprint density at radius 1 is 1.14 bits per heavy atom. The minimum atomic E-state index is -0.583. The van der Waals surface area contributed by atoms with Crippen LogP contribution in [0.3, 0.4) is 0 Å². The second kappa shape index (κ2) is 6.85. The molecule has 0 aliphatic heterocycles. The maximum absolute atomic E-state index is 11.9. The lowest BCUT2D eigenvalue weighted by molar-refractivity contribution is 0.0524. The predicted octanol–water partition coefficient (Wildman–Crippen LogP) is 3.13. The van der Waals surface area contributed by atoms with Gasteiger partial charge >= 0.3 is 11.9 Å². The van der Waals surface area contributed by atoms with E-state index >= 15 is 0 Å². The molecule has 0 saturated carbocycles. The highest BCUT2D eigenvalue weighted by atomic mass is 35.5. The van der Waals surface area contributed by atoms with Crippen LogP contribution in [0.5, 0.6) is 5.75 Å². The highest BCUT2D eigenvalue weighted by Crippen LogP contribution is 2.17. The third-order valence-electron chi connectivity index (χ3n) is 2.52. The number of aromatic nitrogens is 1. The van der Waals surface area contributed by atoms with Crippen LogP contribution in [0.4, 0.5) is 0 Å². The van der Waals surface area contributed by atoms with Gasteiger partial charge in [-0.3, -0.25) is 0 Å². The van der Waals surface area contributed by atoms with E-state index in [1.165, 1.54) is 24.4 Å². The molecular formula is C15H12ClNO4. The van der Waals surface area contributed by atoms with E-state index in [0.717, 1.165) is 0 Å². The smallest absolute Gasteiger partial charge is 0.343 e. The Kier molecular flexibility index (Phi) is 4.90. The van der Waals surface area contributed by atoms with Crippen molar-refractivity contribution in [3.05, 3.63) is 58.9 Å². The number of ether oxygens (including phenoxy) is 2. The maximum Gasteiger partial charge on any atom is 0.343 e. The number of carbonyl (C=O) groups is 2. The van der Waals surface area contributed by atoms with Gasteiger partial charge in [-0.05, 0) is 37.3 Å². The van der Waals surface area contributed by atoms with Crippen LogP contribution >= 0.6 is 11.6 Å². The predicted molar refractivity (Wildman–Crippen MR) is 76.6 cm³/mol. The summed E-state index contributed by atoms with van der Waals surface area (Å²) in [6.07, 6.45) is 1.41. The Hall–Kier alpha value is -2.40. The molecule has 0 spiro atoms. The third kappa shape index (κ3) is 4.03. The highest BCUT2D eigenvalue weighted by molar-refractivity contribution is 6.29. The molecule has 0 bridgehead atoms. The van der Waals surface area contributed by atoms with E-state index in [2.05, 4.69) is 4.98 Å². The van der Waals surface area contributed by atoms with Gasteiger partial charge in [-0.15, -0.1) is 0 Å². The lowest BCUT2D eigenvalue weighted by Gasteiger charge is -2.06. The Labute approximate surface area is 126 Å². The van der Waals surface area contributed by atoms with Crippen LogP contribution in [0.15, 0.2) is 42.6 Å². The fourth-order valence-corrected chi connectivity index (χ4v) is 1.77. The minimum absolute atomic E-state index is 0.199. The maximum atomic E-state index is 11.9. The van der Waals surface area contributed by atoms with E-state index in [9.17, 15) is 9.59 Å². The van der Waals surface area contributed by atoms with Gasteiger partial charge in [0.05, 0.1) is 17.7 Å². The van der Waals surface area contributed by atoms with Crippen LogP contribution in [-0.4, -0.2) is 23.5 Å². The molecule has 2 aromatic rings. The van der Waals surface area contributed by atoms with Crippen molar-refractivity contribution in [2.45, 2.75) is 6.92 Å². The number of nitrogens with zero attached hydrogens (tertiary/aromatic N) is 1. The molecule has 21 heavy (non-hydrogen) atoms. The molecule has 0 radical (unpaired) electrons. The third-order valence-corrected chi connectivity index (χ3v) is 2.72. The first-order chi connectivity index (χ1) is 10.1. The van der Waals surface area contributed by atoms with Gasteiger partial charge in [-0.25, -0.2) is 14.6 Å². The molecule has 0 aliphatic rings. The molecule has 0 N–H and O–H groups in total. The summed E-state index contributed by atoms with van der Waals surface area (Å²) in [5.41, 5.74) is 0.589. The zero-order valence-corrected chi connectivity index (χ0v) is 12.0. The van der Waals surface area contributed by atoms with Gasteiger partial charge in [0.15, 0.2) is 0 Å². The zero-order chi connectivity index (χ0) is 15.2. The van der Waals surface area contributed by atoms with Gasteiger partial charge in [-0.1, -0.05) is 17.7 Å². The van der Waals surface area contributed by atoms with Crippen LogP contribution in [0.1, 0.15) is 27.6 Å². The topological polar surface area (TPSA) is 65.5 Å². The van der Waals surface area contributed by atoms with Crippen molar-refractivity contribution in [1.29, 1.82) is 0 Å². The molecule has 1 heterocycles. The van der Waals surface area contributed by atoms with Gasteiger partial charge in [0.1, 0.15) is 10.9 Å². The Morgan fingerprint density at radius 2 is 1.90 bits per heavy atom. The average molecular weight is 306 g/mol. The van der Waals surface area contributed by atoms with Crippen LogP contribution in [0.25, 0.3) is 0 Å². The summed E-state index contributed by atoms with van der Waals surface area (Å²) in [6.45, 7) is 1.99. The van der Waals surface area contributed by atoms with Crippen molar-refractivity contribution in [1.82, 2.24) is 4.98 Å². The van der Waals surface area contributed by atoms with Gasteiger partial charge in [0.25, 0.3) is 0 Å². The Bertz CT molecular complexity index is 672. The van der Waals surface area contributed by atoms with E-state index in [0.29, 0.717) is 5.56 Å².